The van der Waals surface area contributed by atoms with E-state index in [9.17, 15) is 4.79 Å². The van der Waals surface area contributed by atoms with E-state index >= 15 is 0 Å². The van der Waals surface area contributed by atoms with Gasteiger partial charge < -0.3 is 14.5 Å². The van der Waals surface area contributed by atoms with E-state index in [-0.39, 0.29) is 12.1 Å². The normalized spacial score (nSPS) is 25.1. The molecule has 0 aliphatic heterocycles. The zero-order valence-corrected chi connectivity index (χ0v) is 12.8. The molecule has 1 fully saturated rings. The molecule has 0 bridgehead atoms. The van der Waals surface area contributed by atoms with Crippen molar-refractivity contribution in [2.24, 2.45) is 0 Å². The van der Waals surface area contributed by atoms with Gasteiger partial charge in [0.2, 0.25) is 0 Å². The van der Waals surface area contributed by atoms with Gasteiger partial charge in [0.1, 0.15) is 5.60 Å². The van der Waals surface area contributed by atoms with E-state index in [0.717, 1.165) is 12.8 Å². The Morgan fingerprint density at radius 1 is 1.24 bits per heavy atom. The molecule has 0 radical (unpaired) electrons. The summed E-state index contributed by atoms with van der Waals surface area (Å²) in [7, 11) is -1.44. The van der Waals surface area contributed by atoms with Gasteiger partial charge in [-0.15, -0.1) is 0 Å². The summed E-state index contributed by atoms with van der Waals surface area (Å²) in [6.07, 6.45) is 1.81. The minimum absolute atomic E-state index is 0.214. The summed E-state index contributed by atoms with van der Waals surface area (Å²) < 4.78 is 11.1. The molecule has 0 unspecified atom stereocenters. The Morgan fingerprint density at radius 3 is 2.18 bits per heavy atom. The lowest BCUT2D eigenvalue weighted by Crippen LogP contribution is -2.51. The molecule has 1 amide bonds. The number of rotatable bonds is 3. The summed E-state index contributed by atoms with van der Waals surface area (Å²) in [5, 5.41) is 2.86. The highest BCUT2D eigenvalue weighted by molar-refractivity contribution is 6.69. The van der Waals surface area contributed by atoms with Gasteiger partial charge in [0, 0.05) is 12.1 Å². The Kier molecular flexibility index (Phi) is 4.25. The van der Waals surface area contributed by atoms with E-state index in [1.807, 2.05) is 20.8 Å². The summed E-state index contributed by atoms with van der Waals surface area (Å²) in [4.78, 5) is 11.5. The van der Waals surface area contributed by atoms with Gasteiger partial charge in [0.05, 0.1) is 0 Å². The van der Waals surface area contributed by atoms with Crippen LogP contribution < -0.4 is 5.32 Å². The summed E-state index contributed by atoms with van der Waals surface area (Å²) in [6, 6.07) is 0.214. The quantitative estimate of drug-likeness (QED) is 0.793. The van der Waals surface area contributed by atoms with Crippen LogP contribution in [0.3, 0.4) is 0 Å². The molecule has 100 valence electrons. The van der Waals surface area contributed by atoms with E-state index in [4.69, 9.17) is 9.16 Å². The fraction of sp³-hybridized carbons (Fsp3) is 0.917. The highest BCUT2D eigenvalue weighted by atomic mass is 28.4. The van der Waals surface area contributed by atoms with Crippen molar-refractivity contribution < 1.29 is 14.0 Å². The second kappa shape index (κ2) is 4.98. The predicted molar refractivity (Wildman–Crippen MR) is 70.6 cm³/mol. The van der Waals surface area contributed by atoms with Crippen LogP contribution in [0.4, 0.5) is 4.79 Å². The topological polar surface area (TPSA) is 47.6 Å². The van der Waals surface area contributed by atoms with E-state index in [2.05, 4.69) is 25.0 Å². The van der Waals surface area contributed by atoms with Crippen LogP contribution in [0, 0.1) is 0 Å². The van der Waals surface area contributed by atoms with Crippen molar-refractivity contribution in [3.63, 3.8) is 0 Å². The second-order valence-electron chi connectivity index (χ2n) is 6.67. The third-order valence-electron chi connectivity index (χ3n) is 2.34. The average Bonchev–Trinajstić information content (AvgIpc) is 1.93. The molecule has 0 heterocycles. The molecule has 1 N–H and O–H groups in total. The standard InChI is InChI=1S/C12H25NO3Si/c1-12(2,3)15-11(14)13-9-7-10(8-9)16-17(4,5)6/h9-10H,7-8H2,1-6H3,(H,13,14)/t9-,10+. The second-order valence-corrected chi connectivity index (χ2v) is 11.1. The van der Waals surface area contributed by atoms with Crippen LogP contribution in [0.1, 0.15) is 33.6 Å². The van der Waals surface area contributed by atoms with Gasteiger partial charge in [-0.1, -0.05) is 0 Å². The van der Waals surface area contributed by atoms with Crippen molar-refractivity contribution in [2.45, 2.75) is 71.0 Å². The number of carbonyl (C=O) groups is 1. The van der Waals surface area contributed by atoms with Crippen LogP contribution >= 0.6 is 0 Å². The van der Waals surface area contributed by atoms with Crippen LogP contribution in [-0.4, -0.2) is 32.2 Å². The SMILES string of the molecule is CC(C)(C)OC(=O)N[C@H]1C[C@@H](O[Si](C)(C)C)C1. The molecular weight excluding hydrogens is 234 g/mol. The number of hydrogen-bond acceptors (Lipinski definition) is 3. The van der Waals surface area contributed by atoms with Gasteiger partial charge in [0.15, 0.2) is 8.32 Å². The maximum atomic E-state index is 11.5. The molecule has 0 atom stereocenters. The minimum Gasteiger partial charge on any atom is -0.444 e. The Balaban J connectivity index is 2.19. The summed E-state index contributed by atoms with van der Waals surface area (Å²) in [5.74, 6) is 0. The van der Waals surface area contributed by atoms with Crippen molar-refractivity contribution in [3.8, 4) is 0 Å². The first-order valence-corrected chi connectivity index (χ1v) is 9.63. The molecular formula is C12H25NO3Si. The minimum atomic E-state index is -1.44. The van der Waals surface area contributed by atoms with Crippen LogP contribution in [0.5, 0.6) is 0 Å². The maximum Gasteiger partial charge on any atom is 0.407 e. The van der Waals surface area contributed by atoms with E-state index in [1.54, 1.807) is 0 Å². The molecule has 1 aliphatic carbocycles. The molecule has 0 spiro atoms. The van der Waals surface area contributed by atoms with Gasteiger partial charge in [-0.2, -0.15) is 0 Å². The predicted octanol–water partition coefficient (Wildman–Crippen LogP) is 2.89. The lowest BCUT2D eigenvalue weighted by molar-refractivity contribution is 0.0349. The largest absolute Gasteiger partial charge is 0.444 e. The molecule has 4 nitrogen and oxygen atoms in total. The molecule has 17 heavy (non-hydrogen) atoms. The fourth-order valence-corrected chi connectivity index (χ4v) is 2.95. The molecule has 0 aromatic rings. The molecule has 5 heteroatoms. The van der Waals surface area contributed by atoms with Gasteiger partial charge in [0.25, 0.3) is 0 Å². The summed E-state index contributed by atoms with van der Waals surface area (Å²) in [6.45, 7) is 12.1. The number of hydrogen-bond donors (Lipinski definition) is 1. The number of carbonyl (C=O) groups excluding carboxylic acids is 1. The van der Waals surface area contributed by atoms with Crippen LogP contribution in [0.25, 0.3) is 0 Å². The first kappa shape index (κ1) is 14.5. The van der Waals surface area contributed by atoms with Crippen LogP contribution in [-0.2, 0) is 9.16 Å². The summed E-state index contributed by atoms with van der Waals surface area (Å²) >= 11 is 0. The Labute approximate surface area is 105 Å². The molecule has 0 aromatic carbocycles. The average molecular weight is 259 g/mol. The molecule has 1 rings (SSSR count). The third-order valence-corrected chi connectivity index (χ3v) is 3.38. The molecule has 1 saturated carbocycles. The number of alkyl carbamates (subject to hydrolysis) is 1. The highest BCUT2D eigenvalue weighted by Gasteiger charge is 2.34. The van der Waals surface area contributed by atoms with Crippen LogP contribution in [0.2, 0.25) is 19.6 Å². The zero-order chi connectivity index (χ0) is 13.3. The van der Waals surface area contributed by atoms with Gasteiger partial charge in [-0.3, -0.25) is 0 Å². The van der Waals surface area contributed by atoms with Crippen LogP contribution in [0.15, 0.2) is 0 Å². The van der Waals surface area contributed by atoms with E-state index in [0.29, 0.717) is 6.10 Å². The Hall–Kier alpha value is -0.553. The first-order valence-electron chi connectivity index (χ1n) is 6.22. The van der Waals surface area contributed by atoms with Crippen molar-refractivity contribution in [1.82, 2.24) is 5.32 Å². The smallest absolute Gasteiger partial charge is 0.407 e. The van der Waals surface area contributed by atoms with Gasteiger partial charge in [-0.05, 0) is 53.3 Å². The monoisotopic (exact) mass is 259 g/mol. The fourth-order valence-electron chi connectivity index (χ4n) is 1.75. The molecule has 0 aromatic heterocycles. The lowest BCUT2D eigenvalue weighted by atomic mass is 9.90. The Morgan fingerprint density at radius 2 is 1.76 bits per heavy atom. The van der Waals surface area contributed by atoms with E-state index < -0.39 is 13.9 Å². The third kappa shape index (κ3) is 6.07. The molecule has 1 aliphatic rings. The van der Waals surface area contributed by atoms with Crippen molar-refractivity contribution in [1.29, 1.82) is 0 Å². The van der Waals surface area contributed by atoms with Crippen molar-refractivity contribution in [3.05, 3.63) is 0 Å². The number of ether oxygens (including phenoxy) is 1. The number of amides is 1. The lowest BCUT2D eigenvalue weighted by Gasteiger charge is -2.39. The zero-order valence-electron chi connectivity index (χ0n) is 11.8. The maximum absolute atomic E-state index is 11.5. The highest BCUT2D eigenvalue weighted by Crippen LogP contribution is 2.26. The van der Waals surface area contributed by atoms with Crippen molar-refractivity contribution in [2.75, 3.05) is 0 Å². The van der Waals surface area contributed by atoms with E-state index in [1.165, 1.54) is 0 Å². The summed E-state index contributed by atoms with van der Waals surface area (Å²) in [5.41, 5.74) is -0.429. The molecule has 0 saturated heterocycles. The van der Waals surface area contributed by atoms with Gasteiger partial charge >= 0.3 is 6.09 Å². The van der Waals surface area contributed by atoms with Crippen molar-refractivity contribution >= 4 is 14.4 Å². The number of nitrogens with one attached hydrogen (secondary N) is 1. The Bertz CT molecular complexity index is 274. The van der Waals surface area contributed by atoms with Gasteiger partial charge in [-0.25, -0.2) is 4.79 Å². The first-order chi connectivity index (χ1) is 7.55.